The fourth-order valence-electron chi connectivity index (χ4n) is 4.74. The Morgan fingerprint density at radius 2 is 2.00 bits per heavy atom. The van der Waals surface area contributed by atoms with Gasteiger partial charge in [-0.05, 0) is 42.3 Å². The van der Waals surface area contributed by atoms with Crippen LogP contribution in [0.5, 0.6) is 0 Å². The van der Waals surface area contributed by atoms with Crippen molar-refractivity contribution in [2.75, 3.05) is 26.1 Å². The maximum absolute atomic E-state index is 13.9. The first-order valence-electron chi connectivity index (χ1n) is 11.5. The first kappa shape index (κ1) is 24.4. The largest absolute Gasteiger partial charge is 0.417 e. The zero-order chi connectivity index (χ0) is 25.4. The number of rotatable bonds is 5. The molecule has 8 nitrogen and oxygen atoms in total. The van der Waals surface area contributed by atoms with Gasteiger partial charge in [0.1, 0.15) is 5.82 Å². The van der Waals surface area contributed by atoms with Gasteiger partial charge >= 0.3 is 6.18 Å². The second kappa shape index (κ2) is 9.64. The normalized spacial score (nSPS) is 19.9. The average Bonchev–Trinajstić information content (AvgIpc) is 3.38. The quantitative estimate of drug-likeness (QED) is 0.568. The Morgan fingerprint density at radius 1 is 1.19 bits per heavy atom. The van der Waals surface area contributed by atoms with Gasteiger partial charge < -0.3 is 24.8 Å². The topological polar surface area (TPSA) is 99.8 Å². The van der Waals surface area contributed by atoms with Crippen LogP contribution in [0, 0.1) is 0 Å². The van der Waals surface area contributed by atoms with E-state index < -0.39 is 17.8 Å². The molecule has 190 valence electrons. The Labute approximate surface area is 205 Å². The zero-order valence-corrected chi connectivity index (χ0v) is 19.5. The van der Waals surface area contributed by atoms with E-state index in [1.165, 1.54) is 6.07 Å². The summed E-state index contributed by atoms with van der Waals surface area (Å²) in [4.78, 5) is 23.9. The van der Waals surface area contributed by atoms with Crippen LogP contribution in [0.15, 0.2) is 36.5 Å². The molecule has 2 aromatic heterocycles. The number of amides is 1. The van der Waals surface area contributed by atoms with E-state index in [-0.39, 0.29) is 25.2 Å². The Bertz CT molecular complexity index is 1280. The third-order valence-corrected chi connectivity index (χ3v) is 6.69. The molecule has 0 spiro atoms. The maximum atomic E-state index is 13.9. The molecule has 2 aliphatic heterocycles. The molecule has 0 aliphatic carbocycles. The molecular weight excluding hydrogens is 477 g/mol. The number of carbonyl (C=O) groups is 1. The van der Waals surface area contributed by atoms with E-state index in [1.54, 1.807) is 30.2 Å². The van der Waals surface area contributed by atoms with Crippen LogP contribution in [0.4, 0.5) is 19.0 Å². The van der Waals surface area contributed by atoms with E-state index in [0.29, 0.717) is 48.8 Å². The van der Waals surface area contributed by atoms with Gasteiger partial charge in [-0.2, -0.15) is 13.2 Å². The summed E-state index contributed by atoms with van der Waals surface area (Å²) in [5.74, 6) is 0.0898. The van der Waals surface area contributed by atoms with Crippen molar-refractivity contribution >= 4 is 22.6 Å². The molecule has 1 saturated heterocycles. The summed E-state index contributed by atoms with van der Waals surface area (Å²) in [7, 11) is 1.57. The highest BCUT2D eigenvalue weighted by Gasteiger charge is 2.35. The molecule has 1 fully saturated rings. The number of nitrogens with two attached hydrogens (primary N) is 1. The van der Waals surface area contributed by atoms with E-state index >= 15 is 0 Å². The molecule has 11 heteroatoms. The van der Waals surface area contributed by atoms with E-state index in [9.17, 15) is 18.0 Å². The van der Waals surface area contributed by atoms with Crippen LogP contribution >= 0.6 is 0 Å². The second-order valence-corrected chi connectivity index (χ2v) is 8.85. The molecule has 2 aliphatic rings. The molecule has 4 heterocycles. The third-order valence-electron chi connectivity index (χ3n) is 6.69. The van der Waals surface area contributed by atoms with Crippen LogP contribution < -0.4 is 5.73 Å². The fraction of sp³-hybridized carbons (Fsp3) is 0.400. The van der Waals surface area contributed by atoms with Crippen molar-refractivity contribution in [2.45, 2.75) is 44.5 Å². The van der Waals surface area contributed by atoms with Gasteiger partial charge in [0.05, 0.1) is 55.3 Å². The first-order valence-corrected chi connectivity index (χ1v) is 11.5. The lowest BCUT2D eigenvalue weighted by Gasteiger charge is -2.39. The molecule has 0 unspecified atom stereocenters. The van der Waals surface area contributed by atoms with Crippen LogP contribution in [0.2, 0.25) is 0 Å². The predicted molar refractivity (Wildman–Crippen MR) is 124 cm³/mol. The monoisotopic (exact) mass is 502 g/mol. The van der Waals surface area contributed by atoms with Crippen LogP contribution in [-0.4, -0.2) is 53.2 Å². The number of alkyl halides is 3. The van der Waals surface area contributed by atoms with Gasteiger partial charge in [-0.1, -0.05) is 0 Å². The van der Waals surface area contributed by atoms with Gasteiger partial charge in [-0.15, -0.1) is 0 Å². The lowest BCUT2D eigenvalue weighted by atomic mass is 10.00. The average molecular weight is 502 g/mol. The minimum Gasteiger partial charge on any atom is -0.383 e. The number of pyridine rings is 2. The van der Waals surface area contributed by atoms with E-state index in [2.05, 4.69) is 9.97 Å². The second-order valence-electron chi connectivity index (χ2n) is 8.85. The number of aromatic nitrogens is 2. The molecule has 1 aromatic carbocycles. The lowest BCUT2D eigenvalue weighted by molar-refractivity contribution is -0.137. The van der Waals surface area contributed by atoms with Gasteiger partial charge in [0.25, 0.3) is 5.91 Å². The highest BCUT2D eigenvalue weighted by molar-refractivity contribution is 5.99. The molecule has 0 radical (unpaired) electrons. The van der Waals surface area contributed by atoms with Crippen molar-refractivity contribution < 1.29 is 32.2 Å². The van der Waals surface area contributed by atoms with Crippen LogP contribution in [-0.2, 0) is 40.1 Å². The number of anilines is 1. The number of fused-ring (bicyclic) bond motifs is 3. The number of halogens is 3. The summed E-state index contributed by atoms with van der Waals surface area (Å²) in [6, 6.07) is 6.96. The van der Waals surface area contributed by atoms with Gasteiger partial charge in [0.2, 0.25) is 0 Å². The number of nitrogens with zero attached hydrogens (tertiary/aromatic N) is 3. The molecule has 5 rings (SSSR count). The van der Waals surface area contributed by atoms with Crippen molar-refractivity contribution in [3.8, 4) is 0 Å². The number of hydrogen-bond acceptors (Lipinski definition) is 7. The molecular formula is C25H25F3N4O4. The minimum absolute atomic E-state index is 0.00982. The Balaban J connectivity index is 1.51. The van der Waals surface area contributed by atoms with Crippen LogP contribution in [0.3, 0.4) is 0 Å². The van der Waals surface area contributed by atoms with Crippen molar-refractivity contribution in [3.63, 3.8) is 0 Å². The van der Waals surface area contributed by atoms with E-state index in [1.807, 2.05) is 0 Å². The Hall–Kier alpha value is -3.28. The van der Waals surface area contributed by atoms with Gasteiger partial charge in [0, 0.05) is 36.4 Å². The summed E-state index contributed by atoms with van der Waals surface area (Å²) in [5.41, 5.74) is 8.31. The van der Waals surface area contributed by atoms with E-state index in [0.717, 1.165) is 28.8 Å². The SMILES string of the molecule is CO[C@@H]1CCOC[C@H]1N(Cc1ccc(C(F)(F)F)cn1)C(=O)c1ccc2nc(N)c3c(c2c1)COC3. The lowest BCUT2D eigenvalue weighted by Crippen LogP contribution is -2.52. The number of benzene rings is 1. The molecule has 2 atom stereocenters. The molecule has 0 saturated carbocycles. The number of hydrogen-bond donors (Lipinski definition) is 1. The highest BCUT2D eigenvalue weighted by Crippen LogP contribution is 2.33. The highest BCUT2D eigenvalue weighted by atomic mass is 19.4. The number of ether oxygens (including phenoxy) is 3. The van der Waals surface area contributed by atoms with Crippen LogP contribution in [0.1, 0.15) is 39.2 Å². The van der Waals surface area contributed by atoms with Crippen LogP contribution in [0.25, 0.3) is 10.9 Å². The molecule has 3 aromatic rings. The summed E-state index contributed by atoms with van der Waals surface area (Å²) in [6.45, 7) is 1.45. The third kappa shape index (κ3) is 4.61. The Morgan fingerprint density at radius 3 is 2.72 bits per heavy atom. The van der Waals surface area contributed by atoms with Crippen molar-refractivity contribution in [3.05, 3.63) is 64.5 Å². The van der Waals surface area contributed by atoms with Gasteiger partial charge in [-0.3, -0.25) is 9.78 Å². The van der Waals surface area contributed by atoms with Crippen molar-refractivity contribution in [2.24, 2.45) is 0 Å². The molecule has 0 bridgehead atoms. The molecule has 2 N–H and O–H groups in total. The Kier molecular flexibility index (Phi) is 6.54. The predicted octanol–water partition coefficient (Wildman–Crippen LogP) is 3.71. The minimum atomic E-state index is -4.49. The smallest absolute Gasteiger partial charge is 0.383 e. The zero-order valence-electron chi connectivity index (χ0n) is 19.5. The standard InChI is InChI=1S/C25H25F3N4O4/c1-34-22-6-7-35-13-21(22)32(10-16-4-3-15(9-30-16)25(26,27)28)24(33)14-2-5-20-17(8-14)18-11-36-12-19(18)23(29)31-20/h2-5,8-9,21-22H,6-7,10-13H2,1H3,(H2,29,31)/t21-,22-/m1/s1. The number of methoxy groups -OCH3 is 1. The fourth-order valence-corrected chi connectivity index (χ4v) is 4.74. The van der Waals surface area contributed by atoms with E-state index in [4.69, 9.17) is 19.9 Å². The molecule has 1 amide bonds. The van der Waals surface area contributed by atoms with Crippen molar-refractivity contribution in [1.29, 1.82) is 0 Å². The van der Waals surface area contributed by atoms with Crippen molar-refractivity contribution in [1.82, 2.24) is 14.9 Å². The van der Waals surface area contributed by atoms with Gasteiger partial charge in [0.15, 0.2) is 0 Å². The number of carbonyl (C=O) groups excluding carboxylic acids is 1. The summed E-state index contributed by atoms with van der Waals surface area (Å²) in [6.07, 6.45) is -3.43. The summed E-state index contributed by atoms with van der Waals surface area (Å²) in [5, 5.41) is 0.776. The molecule has 36 heavy (non-hydrogen) atoms. The summed E-state index contributed by atoms with van der Waals surface area (Å²) < 4.78 is 55.8. The first-order chi connectivity index (χ1) is 17.3. The maximum Gasteiger partial charge on any atom is 0.417 e. The number of nitrogen functional groups attached to an aromatic ring is 1. The summed E-state index contributed by atoms with van der Waals surface area (Å²) >= 11 is 0. The van der Waals surface area contributed by atoms with Gasteiger partial charge in [-0.25, -0.2) is 4.98 Å².